The summed E-state index contributed by atoms with van der Waals surface area (Å²) in [6, 6.07) is 5.05. The number of carbonyl (C=O) groups is 1. The number of rotatable bonds is 5. The second kappa shape index (κ2) is 7.14. The average molecular weight is 310 g/mol. The first kappa shape index (κ1) is 15.4. The van der Waals surface area contributed by atoms with E-state index in [1.807, 2.05) is 0 Å². The molecule has 1 amide bonds. The van der Waals surface area contributed by atoms with Crippen LogP contribution in [0.5, 0.6) is 0 Å². The maximum absolute atomic E-state index is 13.0. The molecule has 0 fully saturated rings. The van der Waals surface area contributed by atoms with Crippen LogP contribution in [0.2, 0.25) is 0 Å². The highest BCUT2D eigenvalue weighted by Gasteiger charge is 2.08. The Labute approximate surface area is 124 Å². The van der Waals surface area contributed by atoms with Crippen LogP contribution in [-0.2, 0) is 11.4 Å². The monoisotopic (exact) mass is 310 g/mol. The van der Waals surface area contributed by atoms with Gasteiger partial charge in [-0.2, -0.15) is 0 Å². The summed E-state index contributed by atoms with van der Waals surface area (Å²) in [5.41, 5.74) is 0.979. The molecular weight excluding hydrogens is 298 g/mol. The van der Waals surface area contributed by atoms with E-state index in [0.29, 0.717) is 16.1 Å². The number of nitrogens with zero attached hydrogens (tertiary/aromatic N) is 1. The molecule has 1 heterocycles. The standard InChI is InChI=1S/C14H12F2N2O2S/c15-11-2-1-10(5-12(11)16)21-8-14(20)18-13-6-17-4-3-9(13)7-19/h1-6,19H,7-8H2,(H,18,20). The Hall–Kier alpha value is -1.99. The molecule has 21 heavy (non-hydrogen) atoms. The van der Waals surface area contributed by atoms with Crippen LogP contribution in [0, 0.1) is 11.6 Å². The first-order valence-electron chi connectivity index (χ1n) is 6.01. The van der Waals surface area contributed by atoms with Gasteiger partial charge in [0.15, 0.2) is 11.6 Å². The van der Waals surface area contributed by atoms with E-state index < -0.39 is 11.6 Å². The van der Waals surface area contributed by atoms with Crippen molar-refractivity contribution >= 4 is 23.4 Å². The number of anilines is 1. The van der Waals surface area contributed by atoms with Crippen molar-refractivity contribution in [3.63, 3.8) is 0 Å². The van der Waals surface area contributed by atoms with E-state index >= 15 is 0 Å². The van der Waals surface area contributed by atoms with E-state index in [4.69, 9.17) is 5.11 Å². The number of benzene rings is 1. The number of pyridine rings is 1. The number of hydrogen-bond donors (Lipinski definition) is 2. The minimum atomic E-state index is -0.949. The summed E-state index contributed by atoms with van der Waals surface area (Å²) in [5, 5.41) is 11.7. The molecule has 7 heteroatoms. The molecule has 2 N–H and O–H groups in total. The number of nitrogens with one attached hydrogen (secondary N) is 1. The molecule has 4 nitrogen and oxygen atoms in total. The van der Waals surface area contributed by atoms with Crippen LogP contribution in [0.4, 0.5) is 14.5 Å². The van der Waals surface area contributed by atoms with Crippen molar-refractivity contribution in [2.24, 2.45) is 0 Å². The molecule has 2 rings (SSSR count). The van der Waals surface area contributed by atoms with Crippen molar-refractivity contribution in [1.29, 1.82) is 0 Å². The van der Waals surface area contributed by atoms with Crippen LogP contribution in [0.3, 0.4) is 0 Å². The van der Waals surface area contributed by atoms with E-state index in [0.717, 1.165) is 23.9 Å². The molecule has 110 valence electrons. The number of hydrogen-bond acceptors (Lipinski definition) is 4. The van der Waals surface area contributed by atoms with Crippen molar-refractivity contribution in [3.05, 3.63) is 53.9 Å². The maximum atomic E-state index is 13.0. The van der Waals surface area contributed by atoms with Gasteiger partial charge in [0.2, 0.25) is 5.91 Å². The van der Waals surface area contributed by atoms with Crippen LogP contribution in [0.15, 0.2) is 41.6 Å². The molecular formula is C14H12F2N2O2S. The molecule has 0 aliphatic carbocycles. The number of halogens is 2. The topological polar surface area (TPSA) is 62.2 Å². The number of carbonyl (C=O) groups excluding carboxylic acids is 1. The van der Waals surface area contributed by atoms with Crippen molar-refractivity contribution in [1.82, 2.24) is 4.98 Å². The minimum Gasteiger partial charge on any atom is -0.392 e. The first-order valence-corrected chi connectivity index (χ1v) is 7.00. The summed E-state index contributed by atoms with van der Waals surface area (Å²) in [4.78, 5) is 16.1. The van der Waals surface area contributed by atoms with Gasteiger partial charge in [0.05, 0.1) is 24.2 Å². The lowest BCUT2D eigenvalue weighted by Gasteiger charge is -2.08. The lowest BCUT2D eigenvalue weighted by Crippen LogP contribution is -2.15. The zero-order valence-electron chi connectivity index (χ0n) is 10.8. The Balaban J connectivity index is 1.94. The number of aromatic nitrogens is 1. The lowest BCUT2D eigenvalue weighted by molar-refractivity contribution is -0.113. The average Bonchev–Trinajstić information content (AvgIpc) is 2.49. The molecule has 0 bridgehead atoms. The largest absolute Gasteiger partial charge is 0.392 e. The molecule has 0 radical (unpaired) electrons. The summed E-state index contributed by atoms with van der Waals surface area (Å²) in [6.45, 7) is -0.214. The Morgan fingerprint density at radius 3 is 2.81 bits per heavy atom. The maximum Gasteiger partial charge on any atom is 0.234 e. The van der Waals surface area contributed by atoms with Gasteiger partial charge >= 0.3 is 0 Å². The quantitative estimate of drug-likeness (QED) is 0.833. The Kier molecular flexibility index (Phi) is 5.24. The van der Waals surface area contributed by atoms with Gasteiger partial charge in [0, 0.05) is 16.7 Å². The van der Waals surface area contributed by atoms with E-state index in [9.17, 15) is 13.6 Å². The Bertz CT molecular complexity index is 653. The van der Waals surface area contributed by atoms with Crippen molar-refractivity contribution < 1.29 is 18.7 Å². The van der Waals surface area contributed by atoms with Gasteiger partial charge in [-0.25, -0.2) is 8.78 Å². The van der Waals surface area contributed by atoms with Crippen molar-refractivity contribution in [2.75, 3.05) is 11.1 Å². The van der Waals surface area contributed by atoms with Gasteiger partial charge in [-0.3, -0.25) is 9.78 Å². The fraction of sp³-hybridized carbons (Fsp3) is 0.143. The molecule has 0 spiro atoms. The van der Waals surface area contributed by atoms with Crippen LogP contribution in [0.25, 0.3) is 0 Å². The Morgan fingerprint density at radius 2 is 2.10 bits per heavy atom. The zero-order chi connectivity index (χ0) is 15.2. The molecule has 0 unspecified atom stereocenters. The first-order chi connectivity index (χ1) is 10.1. The van der Waals surface area contributed by atoms with E-state index in [1.54, 1.807) is 6.07 Å². The number of aliphatic hydroxyl groups is 1. The summed E-state index contributed by atoms with van der Waals surface area (Å²) in [6.07, 6.45) is 2.95. The van der Waals surface area contributed by atoms with E-state index in [1.165, 1.54) is 18.5 Å². The molecule has 2 aromatic rings. The molecule has 0 aliphatic heterocycles. The smallest absolute Gasteiger partial charge is 0.234 e. The predicted octanol–water partition coefficient (Wildman–Crippen LogP) is 2.58. The number of thioether (sulfide) groups is 1. The van der Waals surface area contributed by atoms with Gasteiger partial charge in [0.1, 0.15) is 0 Å². The zero-order valence-corrected chi connectivity index (χ0v) is 11.7. The normalized spacial score (nSPS) is 10.4. The fourth-order valence-corrected chi connectivity index (χ4v) is 2.30. The summed E-state index contributed by atoms with van der Waals surface area (Å²) in [7, 11) is 0. The summed E-state index contributed by atoms with van der Waals surface area (Å²) >= 11 is 1.08. The highest BCUT2D eigenvalue weighted by Crippen LogP contribution is 2.21. The fourth-order valence-electron chi connectivity index (χ4n) is 1.58. The number of amides is 1. The van der Waals surface area contributed by atoms with Gasteiger partial charge in [-0.1, -0.05) is 0 Å². The van der Waals surface area contributed by atoms with Crippen molar-refractivity contribution in [2.45, 2.75) is 11.5 Å². The molecule has 0 atom stereocenters. The molecule has 1 aromatic carbocycles. The summed E-state index contributed by atoms with van der Waals surface area (Å²) in [5.74, 6) is -2.17. The third-order valence-corrected chi connectivity index (χ3v) is 3.61. The SMILES string of the molecule is O=C(CSc1ccc(F)c(F)c1)Nc1cnccc1CO. The number of aliphatic hydroxyl groups excluding tert-OH is 1. The molecule has 1 aromatic heterocycles. The minimum absolute atomic E-state index is 0.0326. The van der Waals surface area contributed by atoms with Gasteiger partial charge in [-0.15, -0.1) is 11.8 Å². The third-order valence-electron chi connectivity index (χ3n) is 2.62. The predicted molar refractivity (Wildman–Crippen MR) is 75.9 cm³/mol. The summed E-state index contributed by atoms with van der Waals surface area (Å²) < 4.78 is 25.8. The Morgan fingerprint density at radius 1 is 1.29 bits per heavy atom. The molecule has 0 saturated carbocycles. The van der Waals surface area contributed by atoms with E-state index in [-0.39, 0.29) is 18.3 Å². The molecule has 0 saturated heterocycles. The van der Waals surface area contributed by atoms with Crippen LogP contribution in [-0.4, -0.2) is 21.8 Å². The van der Waals surface area contributed by atoms with Crippen LogP contribution in [0.1, 0.15) is 5.56 Å². The highest BCUT2D eigenvalue weighted by molar-refractivity contribution is 8.00. The second-order valence-electron chi connectivity index (χ2n) is 4.10. The third kappa shape index (κ3) is 4.24. The van der Waals surface area contributed by atoms with Crippen molar-refractivity contribution in [3.8, 4) is 0 Å². The molecule has 0 aliphatic rings. The second-order valence-corrected chi connectivity index (χ2v) is 5.15. The highest BCUT2D eigenvalue weighted by atomic mass is 32.2. The van der Waals surface area contributed by atoms with Gasteiger partial charge in [0.25, 0.3) is 0 Å². The van der Waals surface area contributed by atoms with Gasteiger partial charge in [-0.05, 0) is 24.3 Å². The lowest BCUT2D eigenvalue weighted by atomic mass is 10.2. The van der Waals surface area contributed by atoms with Crippen LogP contribution >= 0.6 is 11.8 Å². The van der Waals surface area contributed by atoms with Gasteiger partial charge < -0.3 is 10.4 Å². The van der Waals surface area contributed by atoms with Crippen LogP contribution < -0.4 is 5.32 Å². The van der Waals surface area contributed by atoms with E-state index in [2.05, 4.69) is 10.3 Å².